The number of pyridine rings is 1. The number of nitrogens with zero attached hydrogens (tertiary/aromatic N) is 1. The molecule has 1 amide bonds. The Morgan fingerprint density at radius 2 is 1.95 bits per heavy atom. The zero-order chi connectivity index (χ0) is 15.3. The van der Waals surface area contributed by atoms with E-state index in [9.17, 15) is 9.59 Å². The number of ether oxygens (including phenoxy) is 2. The van der Waals surface area contributed by atoms with E-state index in [1.165, 1.54) is 19.2 Å². The molecule has 1 N–H and O–H groups in total. The van der Waals surface area contributed by atoms with Crippen LogP contribution in [0.25, 0.3) is 0 Å². The van der Waals surface area contributed by atoms with Crippen LogP contribution in [0, 0.1) is 0 Å². The van der Waals surface area contributed by atoms with Crippen molar-refractivity contribution >= 4 is 29.4 Å². The number of aromatic nitrogens is 1. The molecule has 1 heterocycles. The Morgan fingerprint density at radius 1 is 1.30 bits per heavy atom. The molecule has 0 radical (unpaired) electrons. The zero-order valence-corrected chi connectivity index (χ0v) is 12.5. The molecule has 0 saturated carbocycles. The predicted octanol–water partition coefficient (Wildman–Crippen LogP) is 3.32. The summed E-state index contributed by atoms with van der Waals surface area (Å²) in [5, 5.41) is 2.73. The third kappa shape index (κ3) is 4.70. The second-order valence-electron chi connectivity index (χ2n) is 4.39. The average Bonchev–Trinajstić information content (AvgIpc) is 2.29. The number of amides is 1. The van der Waals surface area contributed by atoms with Crippen LogP contribution in [0.2, 0.25) is 5.02 Å². The van der Waals surface area contributed by atoms with Gasteiger partial charge in [0, 0.05) is 13.1 Å². The lowest BCUT2D eigenvalue weighted by Gasteiger charge is -2.15. The number of esters is 1. The minimum Gasteiger partial charge on any atom is -0.456 e. The molecule has 0 spiro atoms. The Morgan fingerprint density at radius 3 is 2.50 bits per heavy atom. The van der Waals surface area contributed by atoms with Gasteiger partial charge in [-0.1, -0.05) is 11.6 Å². The summed E-state index contributed by atoms with van der Waals surface area (Å²) in [6.07, 6.45) is 0.00347. The van der Waals surface area contributed by atoms with E-state index in [0.29, 0.717) is 11.4 Å². The highest BCUT2D eigenvalue weighted by molar-refractivity contribution is 6.34. The molecular formula is C13H17ClN2O4. The van der Waals surface area contributed by atoms with Crippen LogP contribution in [0.1, 0.15) is 39.5 Å². The van der Waals surface area contributed by atoms with Crippen molar-refractivity contribution in [3.63, 3.8) is 0 Å². The van der Waals surface area contributed by atoms with Crippen LogP contribution in [-0.4, -0.2) is 23.2 Å². The Bertz CT molecular complexity index is 505. The number of rotatable bonds is 4. The number of anilines is 1. The van der Waals surface area contributed by atoms with Gasteiger partial charge in [0.05, 0.1) is 16.8 Å². The lowest BCUT2D eigenvalue weighted by molar-refractivity contribution is -0.145. The van der Waals surface area contributed by atoms with Crippen molar-refractivity contribution in [2.24, 2.45) is 0 Å². The first-order valence-corrected chi connectivity index (χ1v) is 6.48. The van der Waals surface area contributed by atoms with E-state index in [1.54, 1.807) is 20.8 Å². The maximum Gasteiger partial charge on any atom is 0.411 e. The summed E-state index contributed by atoms with van der Waals surface area (Å²) in [5.74, 6) is -0.437. The third-order valence-electron chi connectivity index (χ3n) is 2.22. The van der Waals surface area contributed by atoms with Gasteiger partial charge in [-0.2, -0.15) is 0 Å². The maximum atomic E-state index is 11.5. The van der Waals surface area contributed by atoms with Gasteiger partial charge in [0.25, 0.3) is 0 Å². The van der Waals surface area contributed by atoms with Gasteiger partial charge in [0.1, 0.15) is 11.8 Å². The molecule has 0 aliphatic carbocycles. The minimum atomic E-state index is -0.612. The highest BCUT2D eigenvalue weighted by Gasteiger charge is 2.18. The molecule has 20 heavy (non-hydrogen) atoms. The van der Waals surface area contributed by atoms with Gasteiger partial charge in [0.15, 0.2) is 0 Å². The highest BCUT2D eigenvalue weighted by Crippen LogP contribution is 2.30. The van der Waals surface area contributed by atoms with Crippen LogP contribution in [0.3, 0.4) is 0 Å². The molecule has 1 rings (SSSR count). The Balaban J connectivity index is 2.89. The van der Waals surface area contributed by atoms with Gasteiger partial charge in [-0.05, 0) is 26.8 Å². The first-order valence-electron chi connectivity index (χ1n) is 6.10. The quantitative estimate of drug-likeness (QED) is 0.863. The van der Waals surface area contributed by atoms with Gasteiger partial charge in [-0.3, -0.25) is 15.1 Å². The summed E-state index contributed by atoms with van der Waals surface area (Å²) >= 11 is 6.14. The van der Waals surface area contributed by atoms with Crippen LogP contribution in [0.15, 0.2) is 12.3 Å². The van der Waals surface area contributed by atoms with Crippen LogP contribution in [0.4, 0.5) is 10.5 Å². The predicted molar refractivity (Wildman–Crippen MR) is 74.7 cm³/mol. The zero-order valence-electron chi connectivity index (χ0n) is 11.8. The number of hydrogen-bond acceptors (Lipinski definition) is 5. The molecule has 0 bridgehead atoms. The van der Waals surface area contributed by atoms with E-state index < -0.39 is 18.2 Å². The van der Waals surface area contributed by atoms with E-state index in [4.69, 9.17) is 21.1 Å². The van der Waals surface area contributed by atoms with Crippen LogP contribution < -0.4 is 5.32 Å². The van der Waals surface area contributed by atoms with Crippen molar-refractivity contribution in [2.45, 2.75) is 39.9 Å². The van der Waals surface area contributed by atoms with Gasteiger partial charge < -0.3 is 9.47 Å². The van der Waals surface area contributed by atoms with E-state index in [0.717, 1.165) is 0 Å². The second kappa shape index (κ2) is 7.09. The van der Waals surface area contributed by atoms with Gasteiger partial charge in [-0.15, -0.1) is 0 Å². The van der Waals surface area contributed by atoms with Crippen molar-refractivity contribution < 1.29 is 19.1 Å². The number of hydrogen-bond donors (Lipinski definition) is 1. The normalized spacial score (nSPS) is 11.9. The molecule has 1 aromatic heterocycles. The van der Waals surface area contributed by atoms with E-state index in [-0.39, 0.29) is 11.1 Å². The molecule has 6 nitrogen and oxygen atoms in total. The summed E-state index contributed by atoms with van der Waals surface area (Å²) in [6, 6.07) is 1.54. The summed E-state index contributed by atoms with van der Waals surface area (Å²) in [5.41, 5.74) is 0.713. The smallest absolute Gasteiger partial charge is 0.411 e. The topological polar surface area (TPSA) is 77.5 Å². The van der Waals surface area contributed by atoms with E-state index >= 15 is 0 Å². The SMILES string of the molecule is CC(=O)OC(C)c1nccc(NC(=O)OC(C)C)c1Cl. The molecular weight excluding hydrogens is 284 g/mol. The van der Waals surface area contributed by atoms with Crippen LogP contribution in [0.5, 0.6) is 0 Å². The largest absolute Gasteiger partial charge is 0.456 e. The molecule has 0 aromatic carbocycles. The maximum absolute atomic E-state index is 11.5. The minimum absolute atomic E-state index is 0.210. The van der Waals surface area contributed by atoms with Gasteiger partial charge >= 0.3 is 12.1 Å². The lowest BCUT2D eigenvalue weighted by atomic mass is 10.2. The van der Waals surface area contributed by atoms with E-state index in [1.807, 2.05) is 0 Å². The standard InChI is InChI=1S/C13H17ClN2O4/c1-7(2)19-13(18)16-10-5-6-15-12(11(10)14)8(3)20-9(4)17/h5-8H,1-4H3,(H,15,16,18). The molecule has 110 valence electrons. The summed E-state index contributed by atoms with van der Waals surface area (Å²) in [4.78, 5) is 26.5. The monoisotopic (exact) mass is 300 g/mol. The van der Waals surface area contributed by atoms with Crippen molar-refractivity contribution in [2.75, 3.05) is 5.32 Å². The van der Waals surface area contributed by atoms with Crippen LogP contribution >= 0.6 is 11.6 Å². The summed E-state index contributed by atoms with van der Waals surface area (Å²) in [6.45, 7) is 6.42. The molecule has 1 atom stereocenters. The third-order valence-corrected chi connectivity index (χ3v) is 2.62. The molecule has 7 heteroatoms. The van der Waals surface area contributed by atoms with Crippen molar-refractivity contribution in [3.05, 3.63) is 23.0 Å². The Kier molecular flexibility index (Phi) is 5.76. The van der Waals surface area contributed by atoms with Gasteiger partial charge in [-0.25, -0.2) is 4.79 Å². The molecule has 1 aromatic rings. The molecule has 0 fully saturated rings. The molecule has 0 saturated heterocycles. The number of carbonyl (C=O) groups excluding carboxylic acids is 2. The first kappa shape index (κ1) is 16.2. The summed E-state index contributed by atoms with van der Waals surface area (Å²) < 4.78 is 9.97. The Hall–Kier alpha value is -1.82. The fourth-order valence-corrected chi connectivity index (χ4v) is 1.81. The van der Waals surface area contributed by atoms with Crippen molar-refractivity contribution in [3.8, 4) is 0 Å². The number of halogens is 1. The lowest BCUT2D eigenvalue weighted by Crippen LogP contribution is -2.18. The van der Waals surface area contributed by atoms with Crippen molar-refractivity contribution in [1.82, 2.24) is 4.98 Å². The first-order chi connectivity index (χ1) is 9.31. The highest BCUT2D eigenvalue weighted by atomic mass is 35.5. The average molecular weight is 301 g/mol. The molecule has 0 aliphatic rings. The van der Waals surface area contributed by atoms with Crippen molar-refractivity contribution in [1.29, 1.82) is 0 Å². The molecule has 0 aliphatic heterocycles. The molecule has 1 unspecified atom stereocenters. The Labute approximate surface area is 122 Å². The summed E-state index contributed by atoms with van der Waals surface area (Å²) in [7, 11) is 0. The van der Waals surface area contributed by atoms with E-state index in [2.05, 4.69) is 10.3 Å². The number of nitrogens with one attached hydrogen (secondary N) is 1. The van der Waals surface area contributed by atoms with Crippen LogP contribution in [-0.2, 0) is 14.3 Å². The number of carbonyl (C=O) groups is 2. The van der Waals surface area contributed by atoms with Gasteiger partial charge in [0.2, 0.25) is 0 Å². The second-order valence-corrected chi connectivity index (χ2v) is 4.77. The fourth-order valence-electron chi connectivity index (χ4n) is 1.50. The fraction of sp³-hybridized carbons (Fsp3) is 0.462.